The van der Waals surface area contributed by atoms with Crippen molar-refractivity contribution in [3.63, 3.8) is 0 Å². The first kappa shape index (κ1) is 23.9. The van der Waals surface area contributed by atoms with E-state index in [-0.39, 0.29) is 17.8 Å². The Morgan fingerprint density at radius 3 is 2.37 bits per heavy atom. The minimum atomic E-state index is -0.270. The Morgan fingerprint density at radius 1 is 0.943 bits per heavy atom. The minimum Gasteiger partial charge on any atom is -0.379 e. The van der Waals surface area contributed by atoms with Crippen molar-refractivity contribution in [2.75, 3.05) is 64.1 Å². The Kier molecular flexibility index (Phi) is 7.73. The Labute approximate surface area is 209 Å². The van der Waals surface area contributed by atoms with Gasteiger partial charge in [-0.3, -0.25) is 9.69 Å². The highest BCUT2D eigenvalue weighted by molar-refractivity contribution is 7.18. The molecular formula is C27H30FN3O3S. The molecule has 184 valence electrons. The van der Waals surface area contributed by atoms with E-state index in [1.807, 2.05) is 30.3 Å². The number of ether oxygens (including phenoxy) is 2. The van der Waals surface area contributed by atoms with Gasteiger partial charge in [-0.1, -0.05) is 42.5 Å². The molecule has 5 rings (SSSR count). The molecule has 2 fully saturated rings. The van der Waals surface area contributed by atoms with E-state index in [0.29, 0.717) is 37.8 Å². The van der Waals surface area contributed by atoms with Crippen LogP contribution >= 0.6 is 11.3 Å². The van der Waals surface area contributed by atoms with Gasteiger partial charge in [-0.05, 0) is 29.3 Å². The summed E-state index contributed by atoms with van der Waals surface area (Å²) >= 11 is 1.52. The first-order chi connectivity index (χ1) is 17.2. The third-order valence-corrected chi connectivity index (χ3v) is 7.69. The maximum absolute atomic E-state index is 14.0. The molecule has 8 heteroatoms. The summed E-state index contributed by atoms with van der Waals surface area (Å²) in [5, 5.41) is 4.23. The van der Waals surface area contributed by atoms with Crippen molar-refractivity contribution in [3.8, 4) is 11.1 Å². The number of hydrogen-bond donors (Lipinski definition) is 1. The van der Waals surface area contributed by atoms with Gasteiger partial charge < -0.3 is 19.7 Å². The quantitative estimate of drug-likeness (QED) is 0.533. The molecule has 0 bridgehead atoms. The number of rotatable bonds is 7. The van der Waals surface area contributed by atoms with Crippen molar-refractivity contribution in [2.45, 2.75) is 6.04 Å². The number of morpholine rings is 2. The summed E-state index contributed by atoms with van der Waals surface area (Å²) in [4.78, 5) is 18.6. The summed E-state index contributed by atoms with van der Waals surface area (Å²) in [6, 6.07) is 18.7. The topological polar surface area (TPSA) is 54.0 Å². The molecule has 35 heavy (non-hydrogen) atoms. The molecule has 1 atom stereocenters. The van der Waals surface area contributed by atoms with Gasteiger partial charge in [0.2, 0.25) is 0 Å². The average molecular weight is 496 g/mol. The maximum atomic E-state index is 14.0. The minimum absolute atomic E-state index is 0.110. The zero-order valence-corrected chi connectivity index (χ0v) is 20.4. The summed E-state index contributed by atoms with van der Waals surface area (Å²) in [6.45, 7) is 6.13. The van der Waals surface area contributed by atoms with Crippen molar-refractivity contribution in [1.29, 1.82) is 0 Å². The van der Waals surface area contributed by atoms with Crippen LogP contribution in [-0.2, 0) is 9.47 Å². The monoisotopic (exact) mass is 495 g/mol. The predicted octanol–water partition coefficient (Wildman–Crippen LogP) is 4.19. The summed E-state index contributed by atoms with van der Waals surface area (Å²) < 4.78 is 25.0. The van der Waals surface area contributed by atoms with Crippen LogP contribution < -0.4 is 10.2 Å². The number of thiophene rings is 1. The number of nitrogens with zero attached hydrogens (tertiary/aromatic N) is 2. The molecular weight excluding hydrogens is 465 g/mol. The fourth-order valence-corrected chi connectivity index (χ4v) is 5.80. The third-order valence-electron chi connectivity index (χ3n) is 6.50. The Hall–Kier alpha value is -2.78. The van der Waals surface area contributed by atoms with Gasteiger partial charge in [-0.25, -0.2) is 4.39 Å². The first-order valence-corrected chi connectivity index (χ1v) is 12.9. The van der Waals surface area contributed by atoms with Crippen LogP contribution in [0.1, 0.15) is 21.3 Å². The van der Waals surface area contributed by atoms with Gasteiger partial charge in [-0.15, -0.1) is 11.3 Å². The molecule has 1 unspecified atom stereocenters. The molecule has 2 aliphatic heterocycles. The largest absolute Gasteiger partial charge is 0.379 e. The van der Waals surface area contributed by atoms with Crippen LogP contribution in [0.15, 0.2) is 60.7 Å². The molecule has 2 aromatic carbocycles. The predicted molar refractivity (Wildman–Crippen MR) is 137 cm³/mol. The lowest BCUT2D eigenvalue weighted by Crippen LogP contribution is -2.43. The lowest BCUT2D eigenvalue weighted by atomic mass is 10.0. The number of anilines is 1. The Morgan fingerprint density at radius 2 is 1.66 bits per heavy atom. The molecule has 6 nitrogen and oxygen atoms in total. The van der Waals surface area contributed by atoms with Crippen molar-refractivity contribution in [2.24, 2.45) is 0 Å². The van der Waals surface area contributed by atoms with Gasteiger partial charge >= 0.3 is 0 Å². The van der Waals surface area contributed by atoms with E-state index in [0.717, 1.165) is 47.9 Å². The zero-order chi connectivity index (χ0) is 24.0. The van der Waals surface area contributed by atoms with Crippen LogP contribution in [0, 0.1) is 5.82 Å². The molecule has 2 saturated heterocycles. The number of carbonyl (C=O) groups excluding carboxylic acids is 1. The van der Waals surface area contributed by atoms with E-state index in [2.05, 4.69) is 27.2 Å². The third kappa shape index (κ3) is 5.73. The van der Waals surface area contributed by atoms with Crippen LogP contribution in [0.4, 0.5) is 9.39 Å². The van der Waals surface area contributed by atoms with Gasteiger partial charge in [-0.2, -0.15) is 0 Å². The van der Waals surface area contributed by atoms with Crippen molar-refractivity contribution < 1.29 is 18.7 Å². The number of hydrogen-bond acceptors (Lipinski definition) is 6. The molecule has 1 aromatic heterocycles. The van der Waals surface area contributed by atoms with E-state index in [4.69, 9.17) is 9.47 Å². The summed E-state index contributed by atoms with van der Waals surface area (Å²) in [5.74, 6) is -0.380. The molecule has 1 N–H and O–H groups in total. The fourth-order valence-electron chi connectivity index (χ4n) is 4.66. The molecule has 0 saturated carbocycles. The van der Waals surface area contributed by atoms with E-state index >= 15 is 0 Å². The number of benzene rings is 2. The van der Waals surface area contributed by atoms with E-state index in [1.54, 1.807) is 12.1 Å². The number of halogens is 1. The van der Waals surface area contributed by atoms with Crippen LogP contribution in [0.2, 0.25) is 0 Å². The maximum Gasteiger partial charge on any atom is 0.261 e. The van der Waals surface area contributed by atoms with E-state index < -0.39 is 0 Å². The second kappa shape index (κ2) is 11.3. The highest BCUT2D eigenvalue weighted by Gasteiger charge is 2.26. The molecule has 0 spiro atoms. The number of carbonyl (C=O) groups is 1. The lowest BCUT2D eigenvalue weighted by Gasteiger charge is -2.34. The molecule has 3 heterocycles. The number of nitrogens with one attached hydrogen (secondary N) is 1. The summed E-state index contributed by atoms with van der Waals surface area (Å²) in [6.07, 6.45) is 0. The van der Waals surface area contributed by atoms with Crippen molar-refractivity contribution in [3.05, 3.63) is 76.9 Å². The molecule has 1 amide bonds. The standard InChI is InChI=1S/C27H30FN3O3S/c28-22-8-4-7-21(17-22)24(30-9-13-33-14-10-30)19-29-26(32)25-18-23(20-5-2-1-3-6-20)27(35-25)31-11-15-34-16-12-31/h1-8,17-18,24H,9-16,19H2,(H,29,32). The van der Waals surface area contributed by atoms with Crippen molar-refractivity contribution >= 4 is 22.2 Å². The fraction of sp³-hybridized carbons (Fsp3) is 0.370. The van der Waals surface area contributed by atoms with Gasteiger partial charge in [0.25, 0.3) is 5.91 Å². The van der Waals surface area contributed by atoms with Crippen LogP contribution in [0.5, 0.6) is 0 Å². The Bertz CT molecular complexity index is 1130. The highest BCUT2D eigenvalue weighted by atomic mass is 32.1. The summed E-state index contributed by atoms with van der Waals surface area (Å²) in [7, 11) is 0. The molecule has 0 aliphatic carbocycles. The smallest absolute Gasteiger partial charge is 0.261 e. The van der Waals surface area contributed by atoms with Crippen LogP contribution in [0.25, 0.3) is 11.1 Å². The normalized spacial score (nSPS) is 17.8. The van der Waals surface area contributed by atoms with E-state index in [1.165, 1.54) is 17.4 Å². The Balaban J connectivity index is 1.37. The van der Waals surface area contributed by atoms with Crippen molar-refractivity contribution in [1.82, 2.24) is 10.2 Å². The highest BCUT2D eigenvalue weighted by Crippen LogP contribution is 2.39. The van der Waals surface area contributed by atoms with E-state index in [9.17, 15) is 9.18 Å². The van der Waals surface area contributed by atoms with Gasteiger partial charge in [0.1, 0.15) is 5.82 Å². The second-order valence-electron chi connectivity index (χ2n) is 8.72. The molecule has 0 radical (unpaired) electrons. The molecule has 3 aromatic rings. The van der Waals surface area contributed by atoms with Crippen LogP contribution in [-0.4, -0.2) is 70.0 Å². The lowest BCUT2D eigenvalue weighted by molar-refractivity contribution is 0.0162. The van der Waals surface area contributed by atoms with Gasteiger partial charge in [0.15, 0.2) is 0 Å². The average Bonchev–Trinajstić information content (AvgIpc) is 3.36. The number of amides is 1. The van der Waals surface area contributed by atoms with Crippen LogP contribution in [0.3, 0.4) is 0 Å². The summed E-state index contributed by atoms with van der Waals surface area (Å²) in [5.41, 5.74) is 3.02. The van der Waals surface area contributed by atoms with Gasteiger partial charge in [0, 0.05) is 38.3 Å². The SMILES string of the molecule is O=C(NCC(c1cccc(F)c1)N1CCOCC1)c1cc(-c2ccccc2)c(N2CCOCC2)s1. The molecule has 2 aliphatic rings. The first-order valence-electron chi connectivity index (χ1n) is 12.1. The zero-order valence-electron chi connectivity index (χ0n) is 19.6. The van der Waals surface area contributed by atoms with Gasteiger partial charge in [0.05, 0.1) is 42.3 Å². The second-order valence-corrected chi connectivity index (χ2v) is 9.75.